The quantitative estimate of drug-likeness (QED) is 0.287. The van der Waals surface area contributed by atoms with Crippen LogP contribution in [-0.2, 0) is 9.59 Å². The van der Waals surface area contributed by atoms with Gasteiger partial charge in [-0.05, 0) is 18.8 Å². The molecule has 0 heterocycles. The number of nitrogens with zero attached hydrogens (tertiary/aromatic N) is 2. The van der Waals surface area contributed by atoms with Crippen molar-refractivity contribution in [3.63, 3.8) is 0 Å². The maximum absolute atomic E-state index is 12.6. The highest BCUT2D eigenvalue weighted by molar-refractivity contribution is 6.07. The smallest absolute Gasteiger partial charge is 0.239 e. The first kappa shape index (κ1) is 17.3. The second kappa shape index (κ2) is 7.28. The molecule has 0 spiro atoms. The van der Waals surface area contributed by atoms with E-state index in [2.05, 4.69) is 10.5 Å². The molecule has 0 atom stereocenters. The molecule has 0 aromatic carbocycles. The van der Waals surface area contributed by atoms with Gasteiger partial charge < -0.3 is 21.2 Å². The lowest BCUT2D eigenvalue weighted by atomic mass is 9.83. The molecule has 21 heavy (non-hydrogen) atoms. The Kier molecular flexibility index (Phi) is 5.99. The lowest BCUT2D eigenvalue weighted by Gasteiger charge is -2.30. The van der Waals surface area contributed by atoms with E-state index in [1.54, 1.807) is 7.05 Å². The average Bonchev–Trinajstić information content (AvgIpc) is 2.94. The number of hydrogen-bond donors (Lipinski definition) is 3. The van der Waals surface area contributed by atoms with E-state index in [1.807, 2.05) is 13.8 Å². The van der Waals surface area contributed by atoms with Gasteiger partial charge in [0.1, 0.15) is 5.41 Å². The lowest BCUT2D eigenvalue weighted by Crippen LogP contribution is -2.51. The van der Waals surface area contributed by atoms with Crippen LogP contribution in [0.25, 0.3) is 0 Å². The van der Waals surface area contributed by atoms with E-state index < -0.39 is 5.41 Å². The van der Waals surface area contributed by atoms with Crippen LogP contribution < -0.4 is 11.1 Å². The van der Waals surface area contributed by atoms with Crippen molar-refractivity contribution in [1.29, 1.82) is 0 Å². The molecule has 0 aromatic rings. The fourth-order valence-electron chi connectivity index (χ4n) is 2.68. The van der Waals surface area contributed by atoms with Crippen molar-refractivity contribution < 1.29 is 14.8 Å². The average molecular weight is 298 g/mol. The van der Waals surface area contributed by atoms with Gasteiger partial charge in [-0.25, -0.2) is 0 Å². The maximum Gasteiger partial charge on any atom is 0.239 e. The van der Waals surface area contributed by atoms with Crippen LogP contribution >= 0.6 is 0 Å². The number of carbonyl (C=O) groups is 2. The second-order valence-electron chi connectivity index (χ2n) is 6.13. The zero-order valence-electron chi connectivity index (χ0n) is 13.1. The normalized spacial score (nSPS) is 17.8. The van der Waals surface area contributed by atoms with E-state index in [4.69, 9.17) is 10.9 Å². The van der Waals surface area contributed by atoms with Crippen LogP contribution in [0.4, 0.5) is 0 Å². The minimum Gasteiger partial charge on any atom is -0.409 e. The van der Waals surface area contributed by atoms with E-state index in [-0.39, 0.29) is 24.2 Å². The van der Waals surface area contributed by atoms with Gasteiger partial charge in [0.15, 0.2) is 5.84 Å². The van der Waals surface area contributed by atoms with Crippen LogP contribution in [0.2, 0.25) is 0 Å². The summed E-state index contributed by atoms with van der Waals surface area (Å²) in [5.41, 5.74) is 4.78. The predicted molar refractivity (Wildman–Crippen MR) is 79.8 cm³/mol. The summed E-state index contributed by atoms with van der Waals surface area (Å²) in [6.07, 6.45) is 2.82. The van der Waals surface area contributed by atoms with Gasteiger partial charge in [0.05, 0.1) is 6.54 Å². The molecule has 1 fully saturated rings. The number of nitrogens with two attached hydrogens (primary N) is 1. The molecule has 0 bridgehead atoms. The Labute approximate surface area is 125 Å². The zero-order valence-corrected chi connectivity index (χ0v) is 13.1. The third kappa shape index (κ3) is 4.09. The molecule has 2 amide bonds. The van der Waals surface area contributed by atoms with Gasteiger partial charge >= 0.3 is 0 Å². The van der Waals surface area contributed by atoms with E-state index in [0.717, 1.165) is 12.8 Å². The number of hydrogen-bond acceptors (Lipinski definition) is 4. The van der Waals surface area contributed by atoms with Crippen molar-refractivity contribution in [3.8, 4) is 0 Å². The summed E-state index contributed by atoms with van der Waals surface area (Å²) in [5, 5.41) is 14.7. The fourth-order valence-corrected chi connectivity index (χ4v) is 2.68. The standard InChI is InChI=1S/C14H26N4O3/c1-10(2)8-16-11(19)9-18(3)13(20)14(12(15)17-21)6-4-5-7-14/h10,21H,4-9H2,1-3H3,(H2,15,17)(H,16,19). The Morgan fingerprint density at radius 1 is 1.38 bits per heavy atom. The van der Waals surface area contributed by atoms with Gasteiger partial charge in [-0.2, -0.15) is 0 Å². The highest BCUT2D eigenvalue weighted by Gasteiger charge is 2.47. The number of nitrogens with one attached hydrogen (secondary N) is 1. The van der Waals surface area contributed by atoms with E-state index >= 15 is 0 Å². The van der Waals surface area contributed by atoms with E-state index in [1.165, 1.54) is 4.90 Å². The third-order valence-electron chi connectivity index (χ3n) is 3.90. The zero-order chi connectivity index (χ0) is 16.0. The minimum absolute atomic E-state index is 0.0218. The van der Waals surface area contributed by atoms with Gasteiger partial charge in [-0.1, -0.05) is 31.8 Å². The monoisotopic (exact) mass is 298 g/mol. The molecule has 7 nitrogen and oxygen atoms in total. The van der Waals surface area contributed by atoms with Crippen LogP contribution in [0.15, 0.2) is 5.16 Å². The second-order valence-corrected chi connectivity index (χ2v) is 6.13. The topological polar surface area (TPSA) is 108 Å². The van der Waals surface area contributed by atoms with Crippen molar-refractivity contribution in [2.45, 2.75) is 39.5 Å². The van der Waals surface area contributed by atoms with E-state index in [9.17, 15) is 9.59 Å². The summed E-state index contributed by atoms with van der Waals surface area (Å²) in [6.45, 7) is 4.56. The van der Waals surface area contributed by atoms with Crippen LogP contribution in [0, 0.1) is 11.3 Å². The number of likely N-dealkylation sites (N-methyl/N-ethyl adjacent to an activating group) is 1. The Morgan fingerprint density at radius 3 is 2.43 bits per heavy atom. The lowest BCUT2D eigenvalue weighted by molar-refractivity contribution is -0.140. The number of amides is 2. The van der Waals surface area contributed by atoms with Crippen molar-refractivity contribution in [3.05, 3.63) is 0 Å². The van der Waals surface area contributed by atoms with Crippen LogP contribution in [-0.4, -0.2) is 47.9 Å². The largest absolute Gasteiger partial charge is 0.409 e. The predicted octanol–water partition coefficient (Wildman–Crippen LogP) is 0.524. The molecule has 0 radical (unpaired) electrons. The number of carbonyl (C=O) groups excluding carboxylic acids is 2. The molecule has 0 saturated heterocycles. The summed E-state index contributed by atoms with van der Waals surface area (Å²) in [5.74, 6) is -0.157. The van der Waals surface area contributed by atoms with E-state index in [0.29, 0.717) is 25.3 Å². The number of rotatable bonds is 6. The molecule has 1 rings (SSSR count). The summed E-state index contributed by atoms with van der Waals surface area (Å²) in [7, 11) is 1.57. The van der Waals surface area contributed by atoms with Gasteiger partial charge in [-0.15, -0.1) is 0 Å². The molecule has 0 aliphatic heterocycles. The number of amidine groups is 1. The Hall–Kier alpha value is -1.79. The van der Waals surface area contributed by atoms with Crippen molar-refractivity contribution >= 4 is 17.6 Å². The van der Waals surface area contributed by atoms with Crippen molar-refractivity contribution in [2.24, 2.45) is 22.2 Å². The molecule has 1 saturated carbocycles. The molecule has 120 valence electrons. The highest BCUT2D eigenvalue weighted by Crippen LogP contribution is 2.39. The van der Waals surface area contributed by atoms with Gasteiger partial charge in [-0.3, -0.25) is 9.59 Å². The summed E-state index contributed by atoms with van der Waals surface area (Å²) < 4.78 is 0. The molecule has 0 aromatic heterocycles. The van der Waals surface area contributed by atoms with Gasteiger partial charge in [0.2, 0.25) is 11.8 Å². The molecule has 0 unspecified atom stereocenters. The summed E-state index contributed by atoms with van der Waals surface area (Å²) in [6, 6.07) is 0. The number of oxime groups is 1. The molecule has 7 heteroatoms. The van der Waals surface area contributed by atoms with Crippen LogP contribution in [0.3, 0.4) is 0 Å². The Morgan fingerprint density at radius 2 is 1.95 bits per heavy atom. The highest BCUT2D eigenvalue weighted by atomic mass is 16.4. The first-order valence-electron chi connectivity index (χ1n) is 7.33. The van der Waals surface area contributed by atoms with Crippen molar-refractivity contribution in [1.82, 2.24) is 10.2 Å². The molecular weight excluding hydrogens is 272 g/mol. The first-order valence-corrected chi connectivity index (χ1v) is 7.33. The minimum atomic E-state index is -0.957. The molecular formula is C14H26N4O3. The molecule has 1 aliphatic carbocycles. The first-order chi connectivity index (χ1) is 9.83. The SMILES string of the molecule is CC(C)CNC(=O)CN(C)C(=O)C1(C(N)=NO)CCCC1. The fraction of sp³-hybridized carbons (Fsp3) is 0.786. The summed E-state index contributed by atoms with van der Waals surface area (Å²) in [4.78, 5) is 25.8. The van der Waals surface area contributed by atoms with Crippen LogP contribution in [0.5, 0.6) is 0 Å². The Bertz CT molecular complexity index is 414. The van der Waals surface area contributed by atoms with Gasteiger partial charge in [0.25, 0.3) is 0 Å². The molecule has 4 N–H and O–H groups in total. The molecule has 1 aliphatic rings. The third-order valence-corrected chi connectivity index (χ3v) is 3.90. The van der Waals surface area contributed by atoms with Gasteiger partial charge in [0, 0.05) is 13.6 Å². The maximum atomic E-state index is 12.6. The van der Waals surface area contributed by atoms with Crippen LogP contribution in [0.1, 0.15) is 39.5 Å². The summed E-state index contributed by atoms with van der Waals surface area (Å²) >= 11 is 0. The Balaban J connectivity index is 2.70. The van der Waals surface area contributed by atoms with Crippen molar-refractivity contribution in [2.75, 3.05) is 20.1 Å².